The van der Waals surface area contributed by atoms with Crippen LogP contribution in [0, 0.1) is 5.82 Å². The van der Waals surface area contributed by atoms with Gasteiger partial charge < -0.3 is 10.1 Å². The second-order valence-electron chi connectivity index (χ2n) is 6.31. The first-order chi connectivity index (χ1) is 14.3. The van der Waals surface area contributed by atoms with Gasteiger partial charge in [0.2, 0.25) is 0 Å². The summed E-state index contributed by atoms with van der Waals surface area (Å²) in [5, 5.41) is 6.61. The maximum atomic E-state index is 13.8. The van der Waals surface area contributed by atoms with Crippen molar-refractivity contribution in [2.75, 3.05) is 11.9 Å². The number of carbonyl (C=O) groups is 1. The second kappa shape index (κ2) is 9.04. The lowest BCUT2D eigenvalue weighted by atomic mass is 10.2. The summed E-state index contributed by atoms with van der Waals surface area (Å²) in [6.07, 6.45) is -2.38. The molecule has 0 aliphatic carbocycles. The molecule has 10 heteroatoms. The Morgan fingerprint density at radius 1 is 1.13 bits per heavy atom. The fraction of sp³-hybridized carbons (Fsp3) is 0.200. The van der Waals surface area contributed by atoms with Crippen LogP contribution in [0.4, 0.5) is 27.6 Å². The fourth-order valence-electron chi connectivity index (χ4n) is 2.52. The Morgan fingerprint density at radius 2 is 1.90 bits per heavy atom. The molecule has 1 heterocycles. The minimum absolute atomic E-state index is 0.0245. The Balaban J connectivity index is 1.62. The molecule has 0 unspecified atom stereocenters. The molecule has 3 aromatic rings. The Kier molecular flexibility index (Phi) is 6.46. The summed E-state index contributed by atoms with van der Waals surface area (Å²) in [7, 11) is 0. The van der Waals surface area contributed by atoms with Crippen molar-refractivity contribution < 1.29 is 31.5 Å². The van der Waals surface area contributed by atoms with E-state index in [-0.39, 0.29) is 18.0 Å². The van der Waals surface area contributed by atoms with Gasteiger partial charge in [-0.2, -0.15) is 13.9 Å². The van der Waals surface area contributed by atoms with Crippen molar-refractivity contribution in [1.29, 1.82) is 0 Å². The van der Waals surface area contributed by atoms with E-state index in [1.165, 1.54) is 53.3 Å². The van der Waals surface area contributed by atoms with Gasteiger partial charge in [0, 0.05) is 11.9 Å². The van der Waals surface area contributed by atoms with Gasteiger partial charge in [-0.15, -0.1) is 0 Å². The van der Waals surface area contributed by atoms with Crippen LogP contribution in [0.1, 0.15) is 16.1 Å². The Morgan fingerprint density at radius 3 is 2.63 bits per heavy atom. The SMILES string of the molecule is O=C(Nc1cccc(COCC(F)(F)C(F)F)c1)c1ccn(-c2ccccc2F)n1. The molecule has 0 bridgehead atoms. The van der Waals surface area contributed by atoms with Crippen molar-refractivity contribution in [3.63, 3.8) is 0 Å². The third-order valence-electron chi connectivity index (χ3n) is 3.99. The third kappa shape index (κ3) is 5.20. The van der Waals surface area contributed by atoms with E-state index in [1.54, 1.807) is 12.1 Å². The van der Waals surface area contributed by atoms with Gasteiger partial charge in [0.05, 0.1) is 6.61 Å². The molecule has 0 atom stereocenters. The quantitative estimate of drug-likeness (QED) is 0.533. The predicted molar refractivity (Wildman–Crippen MR) is 98.5 cm³/mol. The molecule has 158 valence electrons. The van der Waals surface area contributed by atoms with Crippen molar-refractivity contribution in [3.8, 4) is 5.69 Å². The molecule has 5 nitrogen and oxygen atoms in total. The van der Waals surface area contributed by atoms with Crippen LogP contribution in [0.2, 0.25) is 0 Å². The molecule has 0 saturated carbocycles. The number of hydrogen-bond donors (Lipinski definition) is 1. The van der Waals surface area contributed by atoms with Crippen LogP contribution >= 0.6 is 0 Å². The van der Waals surface area contributed by atoms with E-state index in [9.17, 15) is 26.7 Å². The van der Waals surface area contributed by atoms with E-state index >= 15 is 0 Å². The fourth-order valence-corrected chi connectivity index (χ4v) is 2.52. The first kappa shape index (κ1) is 21.4. The van der Waals surface area contributed by atoms with E-state index in [0.29, 0.717) is 11.3 Å². The van der Waals surface area contributed by atoms with E-state index < -0.39 is 30.7 Å². The van der Waals surface area contributed by atoms with Gasteiger partial charge in [0.1, 0.15) is 18.1 Å². The van der Waals surface area contributed by atoms with Gasteiger partial charge in [-0.1, -0.05) is 24.3 Å². The molecule has 0 spiro atoms. The van der Waals surface area contributed by atoms with Gasteiger partial charge in [-0.25, -0.2) is 17.9 Å². The van der Waals surface area contributed by atoms with Crippen molar-refractivity contribution in [3.05, 3.63) is 77.9 Å². The molecule has 1 aromatic heterocycles. The maximum absolute atomic E-state index is 13.8. The smallest absolute Gasteiger partial charge is 0.330 e. The van der Waals surface area contributed by atoms with Crippen LogP contribution < -0.4 is 5.32 Å². The number of ether oxygens (including phenoxy) is 1. The van der Waals surface area contributed by atoms with Gasteiger partial charge in [0.15, 0.2) is 5.69 Å². The lowest BCUT2D eigenvalue weighted by molar-refractivity contribution is -0.168. The Bertz CT molecular complexity index is 1020. The summed E-state index contributed by atoms with van der Waals surface area (Å²) in [5.41, 5.74) is 0.921. The standard InChI is InChI=1S/C20H16F5N3O2/c21-15-6-1-2-7-17(15)28-9-8-16(27-28)18(29)26-14-5-3-4-13(10-14)11-30-12-20(24,25)19(22)23/h1-10,19H,11-12H2,(H,26,29). The summed E-state index contributed by atoms with van der Waals surface area (Å²) in [4.78, 5) is 12.4. The molecule has 0 radical (unpaired) electrons. The molecule has 3 rings (SSSR count). The number of para-hydroxylation sites is 1. The van der Waals surface area contributed by atoms with Crippen molar-refractivity contribution >= 4 is 11.6 Å². The summed E-state index contributed by atoms with van der Waals surface area (Å²) < 4.78 is 69.7. The van der Waals surface area contributed by atoms with E-state index in [1.807, 2.05) is 0 Å². The first-order valence-electron chi connectivity index (χ1n) is 8.71. The average Bonchev–Trinajstić information content (AvgIpc) is 3.18. The molecule has 2 aromatic carbocycles. The minimum atomic E-state index is -4.23. The van der Waals surface area contributed by atoms with Gasteiger partial charge >= 0.3 is 12.3 Å². The van der Waals surface area contributed by atoms with Crippen molar-refractivity contribution in [2.45, 2.75) is 19.0 Å². The van der Waals surface area contributed by atoms with Gasteiger partial charge in [-0.05, 0) is 35.9 Å². The van der Waals surface area contributed by atoms with Crippen LogP contribution in [-0.4, -0.2) is 34.6 Å². The largest absolute Gasteiger partial charge is 0.370 e. The number of amides is 1. The third-order valence-corrected chi connectivity index (χ3v) is 3.99. The summed E-state index contributed by atoms with van der Waals surface area (Å²) in [6.45, 7) is -1.76. The summed E-state index contributed by atoms with van der Waals surface area (Å²) in [6, 6.07) is 13.4. The van der Waals surface area contributed by atoms with E-state index in [4.69, 9.17) is 0 Å². The van der Waals surface area contributed by atoms with E-state index in [0.717, 1.165) is 0 Å². The minimum Gasteiger partial charge on any atom is -0.370 e. The molecule has 0 fully saturated rings. The zero-order valence-electron chi connectivity index (χ0n) is 15.4. The van der Waals surface area contributed by atoms with Crippen LogP contribution in [-0.2, 0) is 11.3 Å². The first-order valence-corrected chi connectivity index (χ1v) is 8.71. The number of hydrogen-bond acceptors (Lipinski definition) is 3. The predicted octanol–water partition coefficient (Wildman–Crippen LogP) is 4.68. The number of carbonyl (C=O) groups excluding carboxylic acids is 1. The number of anilines is 1. The maximum Gasteiger partial charge on any atom is 0.330 e. The average molecular weight is 425 g/mol. The zero-order valence-corrected chi connectivity index (χ0v) is 15.4. The number of aromatic nitrogens is 2. The van der Waals surface area contributed by atoms with Crippen LogP contribution in [0.25, 0.3) is 5.69 Å². The van der Waals surface area contributed by atoms with Crippen LogP contribution in [0.3, 0.4) is 0 Å². The molecule has 0 aliphatic heterocycles. The molecular weight excluding hydrogens is 409 g/mol. The monoisotopic (exact) mass is 425 g/mol. The van der Waals surface area contributed by atoms with Crippen LogP contribution in [0.15, 0.2) is 60.8 Å². The molecule has 1 amide bonds. The van der Waals surface area contributed by atoms with E-state index in [2.05, 4.69) is 15.2 Å². The van der Waals surface area contributed by atoms with Crippen molar-refractivity contribution in [1.82, 2.24) is 9.78 Å². The Labute approximate surface area is 168 Å². The topological polar surface area (TPSA) is 56.1 Å². The van der Waals surface area contributed by atoms with Gasteiger partial charge in [0.25, 0.3) is 5.91 Å². The highest BCUT2D eigenvalue weighted by atomic mass is 19.3. The number of rotatable bonds is 8. The zero-order chi connectivity index (χ0) is 21.7. The van der Waals surface area contributed by atoms with Gasteiger partial charge in [-0.3, -0.25) is 4.79 Å². The number of nitrogens with zero attached hydrogens (tertiary/aromatic N) is 2. The lowest BCUT2D eigenvalue weighted by Crippen LogP contribution is -2.32. The number of nitrogens with one attached hydrogen (secondary N) is 1. The molecule has 1 N–H and O–H groups in total. The van der Waals surface area contributed by atoms with Crippen molar-refractivity contribution in [2.24, 2.45) is 0 Å². The Hall–Kier alpha value is -3.27. The molecule has 30 heavy (non-hydrogen) atoms. The number of benzene rings is 2. The lowest BCUT2D eigenvalue weighted by Gasteiger charge is -2.15. The highest BCUT2D eigenvalue weighted by Crippen LogP contribution is 2.23. The molecule has 0 saturated heterocycles. The molecule has 0 aliphatic rings. The number of halogens is 5. The highest BCUT2D eigenvalue weighted by Gasteiger charge is 2.40. The molecular formula is C20H16F5N3O2. The summed E-state index contributed by atoms with van der Waals surface area (Å²) >= 11 is 0. The van der Waals surface area contributed by atoms with Crippen LogP contribution in [0.5, 0.6) is 0 Å². The normalized spacial score (nSPS) is 11.7. The second-order valence-corrected chi connectivity index (χ2v) is 6.31. The highest BCUT2D eigenvalue weighted by molar-refractivity contribution is 6.02. The summed E-state index contributed by atoms with van der Waals surface area (Å²) in [5.74, 6) is -5.31. The number of alkyl halides is 4.